The zero-order valence-corrected chi connectivity index (χ0v) is 28.6. The maximum atomic E-state index is 14.5. The minimum absolute atomic E-state index is 0.0708. The fourth-order valence-electron chi connectivity index (χ4n) is 6.47. The molecule has 3 aromatic rings. The summed E-state index contributed by atoms with van der Waals surface area (Å²) < 4.78 is 13.7. The third kappa shape index (κ3) is 8.51. The molecular weight excluding hydrogens is 625 g/mol. The highest BCUT2D eigenvalue weighted by Crippen LogP contribution is 2.36. The van der Waals surface area contributed by atoms with Crippen LogP contribution >= 0.6 is 0 Å². The normalized spacial score (nSPS) is 17.9. The zero-order valence-electron chi connectivity index (χ0n) is 28.6. The van der Waals surface area contributed by atoms with Gasteiger partial charge in [0, 0.05) is 37.5 Å². The van der Waals surface area contributed by atoms with Gasteiger partial charge in [0.25, 0.3) is 0 Å². The van der Waals surface area contributed by atoms with Crippen LogP contribution in [0.4, 0.5) is 4.39 Å². The maximum absolute atomic E-state index is 14.5. The van der Waals surface area contributed by atoms with Crippen LogP contribution < -0.4 is 16.4 Å². The Balaban J connectivity index is 1.47. The Morgan fingerprint density at radius 3 is 2.31 bits per heavy atom. The molecule has 1 saturated carbocycles. The second-order valence-electron chi connectivity index (χ2n) is 14.2. The molecule has 0 bridgehead atoms. The summed E-state index contributed by atoms with van der Waals surface area (Å²) in [5.74, 6) is -1.85. The fraction of sp³-hybridized carbons (Fsp3) is 0.447. The number of amides is 4. The Bertz CT molecular complexity index is 1720. The van der Waals surface area contributed by atoms with E-state index in [9.17, 15) is 28.4 Å². The Morgan fingerprint density at radius 1 is 0.980 bits per heavy atom. The number of hydrogen-bond donors (Lipinski definition) is 3. The van der Waals surface area contributed by atoms with Crippen molar-refractivity contribution >= 4 is 40.7 Å². The van der Waals surface area contributed by atoms with Crippen molar-refractivity contribution in [3.8, 4) is 0 Å². The summed E-state index contributed by atoms with van der Waals surface area (Å²) >= 11 is 0. The monoisotopic (exact) mass is 671 g/mol. The van der Waals surface area contributed by atoms with Crippen LogP contribution in [0.3, 0.4) is 0 Å². The third-order valence-corrected chi connectivity index (χ3v) is 9.31. The van der Waals surface area contributed by atoms with E-state index in [0.29, 0.717) is 23.1 Å². The van der Waals surface area contributed by atoms with Crippen molar-refractivity contribution in [2.75, 3.05) is 13.1 Å². The number of benzene rings is 3. The highest BCUT2D eigenvalue weighted by molar-refractivity contribution is 6.00. The lowest BCUT2D eigenvalue weighted by atomic mass is 9.93. The van der Waals surface area contributed by atoms with Gasteiger partial charge in [-0.3, -0.25) is 24.0 Å². The van der Waals surface area contributed by atoms with Crippen molar-refractivity contribution in [2.45, 2.75) is 89.5 Å². The van der Waals surface area contributed by atoms with Gasteiger partial charge in [0.2, 0.25) is 23.6 Å². The number of carbonyl (C=O) groups is 5. The smallest absolute Gasteiger partial charge is 0.246 e. The number of carbonyl (C=O) groups excluding carboxylic acids is 5. The van der Waals surface area contributed by atoms with E-state index in [1.807, 2.05) is 50.2 Å². The van der Waals surface area contributed by atoms with Gasteiger partial charge in [0.05, 0.1) is 5.54 Å². The van der Waals surface area contributed by atoms with Gasteiger partial charge in [-0.2, -0.15) is 0 Å². The molecule has 11 heteroatoms. The minimum Gasteiger partial charge on any atom is -0.352 e. The Hall–Kier alpha value is -4.64. The lowest BCUT2D eigenvalue weighted by Crippen LogP contribution is -2.66. The molecule has 1 aliphatic carbocycles. The second kappa shape index (κ2) is 14.9. The Kier molecular flexibility index (Phi) is 10.8. The van der Waals surface area contributed by atoms with E-state index in [4.69, 9.17) is 5.73 Å². The van der Waals surface area contributed by atoms with E-state index in [2.05, 4.69) is 10.6 Å². The first-order valence-electron chi connectivity index (χ1n) is 17.0. The fourth-order valence-corrected chi connectivity index (χ4v) is 6.47. The summed E-state index contributed by atoms with van der Waals surface area (Å²) in [6.45, 7) is 6.96. The topological polar surface area (TPSA) is 142 Å². The molecule has 3 aromatic carbocycles. The minimum atomic E-state index is -1.27. The molecule has 4 amide bonds. The number of halogens is 1. The molecule has 2 aliphatic rings. The average molecular weight is 672 g/mol. The molecule has 1 unspecified atom stereocenters. The molecule has 3 atom stereocenters. The van der Waals surface area contributed by atoms with Gasteiger partial charge in [-0.05, 0) is 74.1 Å². The standard InChI is InChI=1S/C38H46FN5O5/c1-23(2)41-34(46)32(21-27-14-13-26-7-5-6-8-29(26)30(27)22-45)43-17-18-44(33(36(43)48)20-25-9-10-25)35(47)31(42-37(49)38(3,4)40)19-24-11-15-28(39)16-12-24/h5-8,11-16,22-23,25,31-33H,9-10,17-21,40H2,1-4H3,(H,41,46)(H,42,49)/t31-,32?,33+/m1/s1. The van der Waals surface area contributed by atoms with E-state index in [1.165, 1.54) is 30.9 Å². The van der Waals surface area contributed by atoms with Gasteiger partial charge >= 0.3 is 0 Å². The molecule has 260 valence electrons. The number of piperazine rings is 1. The summed E-state index contributed by atoms with van der Waals surface area (Å²) in [7, 11) is 0. The molecule has 4 N–H and O–H groups in total. The number of hydrogen-bond acceptors (Lipinski definition) is 6. The summed E-state index contributed by atoms with van der Waals surface area (Å²) in [6, 6.07) is 13.9. The molecule has 1 saturated heterocycles. The molecule has 0 spiro atoms. The van der Waals surface area contributed by atoms with Gasteiger partial charge in [-0.1, -0.05) is 61.4 Å². The van der Waals surface area contributed by atoms with Crippen molar-refractivity contribution in [3.63, 3.8) is 0 Å². The van der Waals surface area contributed by atoms with Crippen LogP contribution in [0, 0.1) is 11.7 Å². The van der Waals surface area contributed by atoms with E-state index in [-0.39, 0.29) is 49.7 Å². The summed E-state index contributed by atoms with van der Waals surface area (Å²) in [4.78, 5) is 71.2. The lowest BCUT2D eigenvalue weighted by Gasteiger charge is -2.44. The van der Waals surface area contributed by atoms with Crippen molar-refractivity contribution in [1.29, 1.82) is 0 Å². The van der Waals surface area contributed by atoms with Crippen molar-refractivity contribution in [1.82, 2.24) is 20.4 Å². The predicted octanol–water partition coefficient (Wildman–Crippen LogP) is 3.53. The average Bonchev–Trinajstić information content (AvgIpc) is 3.88. The number of nitrogens with one attached hydrogen (secondary N) is 2. The highest BCUT2D eigenvalue weighted by Gasteiger charge is 2.46. The summed E-state index contributed by atoms with van der Waals surface area (Å²) in [5.41, 5.74) is 6.54. The molecule has 5 rings (SSSR count). The summed E-state index contributed by atoms with van der Waals surface area (Å²) in [5, 5.41) is 7.40. The largest absolute Gasteiger partial charge is 0.352 e. The second-order valence-corrected chi connectivity index (χ2v) is 14.2. The van der Waals surface area contributed by atoms with Crippen LogP contribution in [0.2, 0.25) is 0 Å². The first-order valence-corrected chi connectivity index (χ1v) is 17.0. The SMILES string of the molecule is CC(C)NC(=O)C(Cc1ccc2ccccc2c1C=O)N1CCN(C(=O)[C@@H](Cc2ccc(F)cc2)NC(=O)C(C)(C)N)[C@@H](CC2CC2)C1=O. The van der Waals surface area contributed by atoms with Gasteiger partial charge in [-0.15, -0.1) is 0 Å². The van der Waals surface area contributed by atoms with Gasteiger partial charge < -0.3 is 26.2 Å². The molecule has 0 aromatic heterocycles. The van der Waals surface area contributed by atoms with E-state index < -0.39 is 41.3 Å². The number of rotatable bonds is 13. The molecule has 2 fully saturated rings. The number of nitrogens with zero attached hydrogens (tertiary/aromatic N) is 2. The van der Waals surface area contributed by atoms with Crippen molar-refractivity contribution in [3.05, 3.63) is 83.2 Å². The molecule has 1 heterocycles. The van der Waals surface area contributed by atoms with Crippen molar-refractivity contribution in [2.24, 2.45) is 11.7 Å². The maximum Gasteiger partial charge on any atom is 0.246 e. The third-order valence-electron chi connectivity index (χ3n) is 9.31. The number of aldehydes is 1. The van der Waals surface area contributed by atoms with Crippen molar-refractivity contribution < 1.29 is 28.4 Å². The van der Waals surface area contributed by atoms with Crippen LogP contribution in [0.1, 0.15) is 68.4 Å². The first kappa shape index (κ1) is 35.7. The van der Waals surface area contributed by atoms with E-state index in [1.54, 1.807) is 17.0 Å². The van der Waals surface area contributed by atoms with Crippen LogP contribution in [0.15, 0.2) is 60.7 Å². The Labute approximate surface area is 286 Å². The van der Waals surface area contributed by atoms with Crippen LogP contribution in [-0.2, 0) is 32.0 Å². The number of nitrogens with two attached hydrogens (primary N) is 1. The van der Waals surface area contributed by atoms with E-state index >= 15 is 0 Å². The molecule has 1 aliphatic heterocycles. The summed E-state index contributed by atoms with van der Waals surface area (Å²) in [6.07, 6.45) is 3.26. The van der Waals surface area contributed by atoms with Crippen LogP contribution in [0.25, 0.3) is 10.8 Å². The highest BCUT2D eigenvalue weighted by atomic mass is 19.1. The molecular formula is C38H46FN5O5. The molecule has 49 heavy (non-hydrogen) atoms. The molecule has 10 nitrogen and oxygen atoms in total. The lowest BCUT2D eigenvalue weighted by molar-refractivity contribution is -0.157. The van der Waals surface area contributed by atoms with Gasteiger partial charge in [0.1, 0.15) is 23.9 Å². The van der Waals surface area contributed by atoms with Crippen LogP contribution in [-0.4, -0.2) is 82.5 Å². The zero-order chi connectivity index (χ0) is 35.5. The van der Waals surface area contributed by atoms with Gasteiger partial charge in [0.15, 0.2) is 6.29 Å². The quantitative estimate of drug-likeness (QED) is 0.238. The molecule has 0 radical (unpaired) electrons. The van der Waals surface area contributed by atoms with Crippen LogP contribution in [0.5, 0.6) is 0 Å². The Morgan fingerprint density at radius 2 is 1.67 bits per heavy atom. The first-order chi connectivity index (χ1) is 23.3. The number of fused-ring (bicyclic) bond motifs is 1. The van der Waals surface area contributed by atoms with Gasteiger partial charge in [-0.25, -0.2) is 4.39 Å². The predicted molar refractivity (Wildman–Crippen MR) is 185 cm³/mol. The van der Waals surface area contributed by atoms with E-state index in [0.717, 1.165) is 29.9 Å².